The molecule has 3 nitrogen and oxygen atoms in total. The van der Waals surface area contributed by atoms with Crippen LogP contribution in [-0.4, -0.2) is 23.2 Å². The second-order valence-electron chi connectivity index (χ2n) is 4.21. The summed E-state index contributed by atoms with van der Waals surface area (Å²) in [5.74, 6) is 0.888. The van der Waals surface area contributed by atoms with Crippen LogP contribution in [-0.2, 0) is 0 Å². The number of nitrogens with one attached hydrogen (secondary N) is 1. The predicted molar refractivity (Wildman–Crippen MR) is 58.2 cm³/mol. The van der Waals surface area contributed by atoms with Crippen LogP contribution in [0.3, 0.4) is 0 Å². The number of aliphatic hydroxyl groups excluding tert-OH is 1. The molecule has 1 aromatic heterocycles. The van der Waals surface area contributed by atoms with Gasteiger partial charge in [-0.3, -0.25) is 0 Å². The fourth-order valence-electron chi connectivity index (χ4n) is 1.19. The molecule has 78 valence electrons. The van der Waals surface area contributed by atoms with Gasteiger partial charge in [0.25, 0.3) is 0 Å². The molecule has 0 fully saturated rings. The van der Waals surface area contributed by atoms with Crippen molar-refractivity contribution >= 4 is 5.82 Å². The van der Waals surface area contributed by atoms with Gasteiger partial charge in [0.05, 0.1) is 0 Å². The SMILES string of the molecule is CC(C)(CCO)CNc1ccccn1. The Morgan fingerprint density at radius 1 is 1.43 bits per heavy atom. The van der Waals surface area contributed by atoms with Gasteiger partial charge in [0, 0.05) is 19.3 Å². The van der Waals surface area contributed by atoms with Crippen molar-refractivity contribution in [1.82, 2.24) is 4.98 Å². The second-order valence-corrected chi connectivity index (χ2v) is 4.21. The third-order valence-electron chi connectivity index (χ3n) is 2.20. The Kier molecular flexibility index (Phi) is 3.89. The lowest BCUT2D eigenvalue weighted by Crippen LogP contribution is -2.24. The average Bonchev–Trinajstić information content (AvgIpc) is 2.17. The van der Waals surface area contributed by atoms with E-state index in [2.05, 4.69) is 24.1 Å². The normalized spacial score (nSPS) is 11.4. The van der Waals surface area contributed by atoms with Gasteiger partial charge in [-0.1, -0.05) is 19.9 Å². The molecule has 0 aliphatic rings. The molecule has 0 radical (unpaired) electrons. The van der Waals surface area contributed by atoms with E-state index in [1.807, 2.05) is 18.2 Å². The molecule has 0 amide bonds. The van der Waals surface area contributed by atoms with Gasteiger partial charge in [-0.05, 0) is 24.0 Å². The number of pyridine rings is 1. The molecule has 1 heterocycles. The van der Waals surface area contributed by atoms with Crippen molar-refractivity contribution in [2.45, 2.75) is 20.3 Å². The molecule has 1 rings (SSSR count). The van der Waals surface area contributed by atoms with Gasteiger partial charge < -0.3 is 10.4 Å². The zero-order valence-electron chi connectivity index (χ0n) is 8.83. The van der Waals surface area contributed by atoms with Crippen LogP contribution >= 0.6 is 0 Å². The maximum absolute atomic E-state index is 8.86. The Balaban J connectivity index is 2.40. The lowest BCUT2D eigenvalue weighted by molar-refractivity contribution is 0.220. The predicted octanol–water partition coefficient (Wildman–Crippen LogP) is 1.90. The highest BCUT2D eigenvalue weighted by Crippen LogP contribution is 2.19. The largest absolute Gasteiger partial charge is 0.396 e. The van der Waals surface area contributed by atoms with Crippen LogP contribution in [0.4, 0.5) is 5.82 Å². The molecule has 2 N–H and O–H groups in total. The zero-order chi connectivity index (χ0) is 10.4. The smallest absolute Gasteiger partial charge is 0.125 e. The standard InChI is InChI=1S/C11H18N2O/c1-11(2,6-8-14)9-13-10-5-3-4-7-12-10/h3-5,7,14H,6,8-9H2,1-2H3,(H,12,13). The Bertz CT molecular complexity index is 259. The molecule has 0 aliphatic heterocycles. The number of nitrogens with zero attached hydrogens (tertiary/aromatic N) is 1. The molecule has 0 saturated carbocycles. The van der Waals surface area contributed by atoms with E-state index in [0.29, 0.717) is 0 Å². The number of aliphatic hydroxyl groups is 1. The molecule has 0 unspecified atom stereocenters. The van der Waals surface area contributed by atoms with Crippen molar-refractivity contribution in [3.05, 3.63) is 24.4 Å². The highest BCUT2D eigenvalue weighted by atomic mass is 16.3. The highest BCUT2D eigenvalue weighted by molar-refractivity contribution is 5.33. The first kappa shape index (κ1) is 11.0. The van der Waals surface area contributed by atoms with Crippen LogP contribution in [0.1, 0.15) is 20.3 Å². The van der Waals surface area contributed by atoms with Gasteiger partial charge >= 0.3 is 0 Å². The van der Waals surface area contributed by atoms with Crippen molar-refractivity contribution < 1.29 is 5.11 Å². The topological polar surface area (TPSA) is 45.1 Å². The molecule has 0 aromatic carbocycles. The monoisotopic (exact) mass is 194 g/mol. The van der Waals surface area contributed by atoms with Crippen molar-refractivity contribution in [1.29, 1.82) is 0 Å². The molecular weight excluding hydrogens is 176 g/mol. The van der Waals surface area contributed by atoms with Crippen molar-refractivity contribution in [2.24, 2.45) is 5.41 Å². The summed E-state index contributed by atoms with van der Waals surface area (Å²) in [6.45, 7) is 5.31. The molecule has 3 heteroatoms. The first-order valence-electron chi connectivity index (χ1n) is 4.90. The van der Waals surface area contributed by atoms with Gasteiger partial charge in [-0.15, -0.1) is 0 Å². The summed E-state index contributed by atoms with van der Waals surface area (Å²) in [6, 6.07) is 5.79. The molecule has 0 bridgehead atoms. The highest BCUT2D eigenvalue weighted by Gasteiger charge is 2.16. The van der Waals surface area contributed by atoms with Gasteiger partial charge in [-0.2, -0.15) is 0 Å². The van der Waals surface area contributed by atoms with E-state index in [-0.39, 0.29) is 12.0 Å². The minimum Gasteiger partial charge on any atom is -0.396 e. The molecule has 0 aliphatic carbocycles. The minimum atomic E-state index is 0.103. The van der Waals surface area contributed by atoms with Gasteiger partial charge in [-0.25, -0.2) is 4.98 Å². The number of hydrogen-bond donors (Lipinski definition) is 2. The third-order valence-corrected chi connectivity index (χ3v) is 2.20. The van der Waals surface area contributed by atoms with Crippen LogP contribution in [0.15, 0.2) is 24.4 Å². The maximum atomic E-state index is 8.86. The van der Waals surface area contributed by atoms with Crippen LogP contribution in [0.5, 0.6) is 0 Å². The van der Waals surface area contributed by atoms with Gasteiger partial charge in [0.1, 0.15) is 5.82 Å². The first-order chi connectivity index (χ1) is 6.64. The van der Waals surface area contributed by atoms with E-state index in [1.54, 1.807) is 6.20 Å². The summed E-state index contributed by atoms with van der Waals surface area (Å²) in [4.78, 5) is 4.17. The molecule has 0 atom stereocenters. The summed E-state index contributed by atoms with van der Waals surface area (Å²) in [5.41, 5.74) is 0.103. The third kappa shape index (κ3) is 3.75. The average molecular weight is 194 g/mol. The van der Waals surface area contributed by atoms with E-state index >= 15 is 0 Å². The first-order valence-corrected chi connectivity index (χ1v) is 4.90. The summed E-state index contributed by atoms with van der Waals surface area (Å²) in [6.07, 6.45) is 2.56. The summed E-state index contributed by atoms with van der Waals surface area (Å²) < 4.78 is 0. The van der Waals surface area contributed by atoms with E-state index in [9.17, 15) is 0 Å². The molecule has 1 aromatic rings. The van der Waals surface area contributed by atoms with Crippen LogP contribution in [0.25, 0.3) is 0 Å². The number of rotatable bonds is 5. The molecule has 0 spiro atoms. The Morgan fingerprint density at radius 3 is 2.79 bits per heavy atom. The summed E-state index contributed by atoms with van der Waals surface area (Å²) in [5, 5.41) is 12.1. The maximum Gasteiger partial charge on any atom is 0.125 e. The Morgan fingerprint density at radius 2 is 2.21 bits per heavy atom. The molecule has 0 saturated heterocycles. The minimum absolute atomic E-state index is 0.103. The van der Waals surface area contributed by atoms with Crippen molar-refractivity contribution in [3.8, 4) is 0 Å². The van der Waals surface area contributed by atoms with Crippen molar-refractivity contribution in [2.75, 3.05) is 18.5 Å². The second kappa shape index (κ2) is 4.96. The number of hydrogen-bond acceptors (Lipinski definition) is 3. The Hall–Kier alpha value is -1.09. The molecule has 14 heavy (non-hydrogen) atoms. The summed E-state index contributed by atoms with van der Waals surface area (Å²) in [7, 11) is 0. The van der Waals surface area contributed by atoms with Crippen LogP contribution < -0.4 is 5.32 Å². The van der Waals surface area contributed by atoms with Crippen LogP contribution in [0.2, 0.25) is 0 Å². The zero-order valence-corrected chi connectivity index (χ0v) is 8.83. The lowest BCUT2D eigenvalue weighted by atomic mass is 9.90. The number of anilines is 1. The number of aromatic nitrogens is 1. The fourth-order valence-corrected chi connectivity index (χ4v) is 1.19. The van der Waals surface area contributed by atoms with Crippen LogP contribution in [0, 0.1) is 5.41 Å². The van der Waals surface area contributed by atoms with E-state index < -0.39 is 0 Å². The van der Waals surface area contributed by atoms with Crippen molar-refractivity contribution in [3.63, 3.8) is 0 Å². The van der Waals surface area contributed by atoms with E-state index in [0.717, 1.165) is 18.8 Å². The van der Waals surface area contributed by atoms with Gasteiger partial charge in [0.2, 0.25) is 0 Å². The summed E-state index contributed by atoms with van der Waals surface area (Å²) >= 11 is 0. The lowest BCUT2D eigenvalue weighted by Gasteiger charge is -2.24. The molecular formula is C11H18N2O. The van der Waals surface area contributed by atoms with E-state index in [4.69, 9.17) is 5.11 Å². The quantitative estimate of drug-likeness (QED) is 0.752. The van der Waals surface area contributed by atoms with Gasteiger partial charge in [0.15, 0.2) is 0 Å². The Labute approximate surface area is 85.2 Å². The fraction of sp³-hybridized carbons (Fsp3) is 0.545. The van der Waals surface area contributed by atoms with E-state index in [1.165, 1.54) is 0 Å².